The zero-order valence-corrected chi connectivity index (χ0v) is 24.9. The molecule has 0 spiro atoms. The number of benzene rings is 2. The van der Waals surface area contributed by atoms with E-state index in [-0.39, 0.29) is 18.7 Å². The number of rotatable bonds is 10. The molecular formula is C32H38N4O4S. The standard InChI is InChI=1S/C28H26N4O4S.2C2H6/c1-18(14-25(33)34)31-27(35)23(32-28(36)24-8-5-13-37-24)15-19-9-11-21(12-10-19)26-29-16-22(17-30-26)20-6-3-2-4-7-20;2*1-2/h2-13,16-18,23H,14-15H2,1H3,(H,31,35)(H,32,36)(H,33,34);2*1-2H3. The summed E-state index contributed by atoms with van der Waals surface area (Å²) in [6, 6.07) is 19.3. The van der Waals surface area contributed by atoms with Crippen LogP contribution in [-0.2, 0) is 16.0 Å². The number of carbonyl (C=O) groups excluding carboxylic acids is 2. The van der Waals surface area contributed by atoms with E-state index in [2.05, 4.69) is 20.6 Å². The number of amides is 2. The van der Waals surface area contributed by atoms with Gasteiger partial charge in [-0.25, -0.2) is 9.97 Å². The summed E-state index contributed by atoms with van der Waals surface area (Å²) in [4.78, 5) is 46.1. The van der Waals surface area contributed by atoms with Gasteiger partial charge < -0.3 is 15.7 Å². The van der Waals surface area contributed by atoms with Crippen LogP contribution in [-0.4, -0.2) is 44.9 Å². The van der Waals surface area contributed by atoms with Crippen LogP contribution in [0.15, 0.2) is 84.5 Å². The number of aliphatic carboxylic acids is 1. The van der Waals surface area contributed by atoms with Crippen LogP contribution in [0.25, 0.3) is 22.5 Å². The Kier molecular flexibility index (Phi) is 13.9. The lowest BCUT2D eigenvalue weighted by Gasteiger charge is -2.21. The molecule has 0 aliphatic carbocycles. The molecule has 0 aliphatic heterocycles. The first-order chi connectivity index (χ1) is 19.9. The van der Waals surface area contributed by atoms with Gasteiger partial charge in [-0.1, -0.05) is 88.4 Å². The monoisotopic (exact) mass is 574 g/mol. The first kappa shape index (κ1) is 32.8. The van der Waals surface area contributed by atoms with Gasteiger partial charge in [0, 0.05) is 36.0 Å². The van der Waals surface area contributed by atoms with Crippen LogP contribution < -0.4 is 10.6 Å². The van der Waals surface area contributed by atoms with Crippen molar-refractivity contribution in [3.8, 4) is 22.5 Å². The SMILES string of the molecule is CC.CC.CC(CC(=O)O)NC(=O)C(Cc1ccc(-c2ncc(-c3ccccc3)cn2)cc1)NC(=O)c1cccs1. The molecule has 2 amide bonds. The number of carboxylic acids is 1. The molecule has 0 saturated carbocycles. The molecule has 2 heterocycles. The number of hydrogen-bond donors (Lipinski definition) is 3. The molecule has 0 radical (unpaired) electrons. The Balaban J connectivity index is 0.00000141. The molecular weight excluding hydrogens is 536 g/mol. The predicted molar refractivity (Wildman–Crippen MR) is 165 cm³/mol. The highest BCUT2D eigenvalue weighted by Crippen LogP contribution is 2.21. The third-order valence-electron chi connectivity index (χ3n) is 5.65. The molecule has 8 nitrogen and oxygen atoms in total. The lowest BCUT2D eigenvalue weighted by molar-refractivity contribution is -0.137. The summed E-state index contributed by atoms with van der Waals surface area (Å²) in [6.45, 7) is 9.61. The summed E-state index contributed by atoms with van der Waals surface area (Å²) >= 11 is 1.28. The van der Waals surface area contributed by atoms with E-state index >= 15 is 0 Å². The lowest BCUT2D eigenvalue weighted by atomic mass is 10.0. The molecule has 0 saturated heterocycles. The second-order valence-electron chi connectivity index (χ2n) is 8.57. The Hall–Kier alpha value is -4.37. The molecule has 41 heavy (non-hydrogen) atoms. The Bertz CT molecular complexity index is 1340. The van der Waals surface area contributed by atoms with Crippen molar-refractivity contribution in [2.24, 2.45) is 0 Å². The molecule has 2 atom stereocenters. The van der Waals surface area contributed by atoms with E-state index in [0.29, 0.717) is 10.7 Å². The van der Waals surface area contributed by atoms with Crippen LogP contribution >= 0.6 is 11.3 Å². The zero-order chi connectivity index (χ0) is 30.2. The summed E-state index contributed by atoms with van der Waals surface area (Å²) in [6.07, 6.45) is 3.58. The van der Waals surface area contributed by atoms with Crippen LogP contribution in [0.5, 0.6) is 0 Å². The summed E-state index contributed by atoms with van der Waals surface area (Å²) in [7, 11) is 0. The average molecular weight is 575 g/mol. The number of carboxylic acid groups (broad SMARTS) is 1. The van der Waals surface area contributed by atoms with Gasteiger partial charge in [0.15, 0.2) is 5.82 Å². The number of aromatic nitrogens is 2. The molecule has 9 heteroatoms. The molecule has 216 valence electrons. The fourth-order valence-electron chi connectivity index (χ4n) is 3.79. The molecule has 2 unspecified atom stereocenters. The predicted octanol–water partition coefficient (Wildman–Crippen LogP) is 6.25. The third kappa shape index (κ3) is 10.3. The fourth-order valence-corrected chi connectivity index (χ4v) is 4.41. The van der Waals surface area contributed by atoms with Gasteiger partial charge in [0.25, 0.3) is 5.91 Å². The van der Waals surface area contributed by atoms with Gasteiger partial charge in [0.05, 0.1) is 11.3 Å². The highest BCUT2D eigenvalue weighted by atomic mass is 32.1. The molecule has 0 aliphatic rings. The van der Waals surface area contributed by atoms with Crippen molar-refractivity contribution >= 4 is 29.1 Å². The molecule has 2 aromatic heterocycles. The topological polar surface area (TPSA) is 121 Å². The van der Waals surface area contributed by atoms with Gasteiger partial charge in [-0.3, -0.25) is 14.4 Å². The maximum absolute atomic E-state index is 12.9. The number of nitrogens with zero attached hydrogens (tertiary/aromatic N) is 2. The summed E-state index contributed by atoms with van der Waals surface area (Å²) in [5.41, 5.74) is 3.61. The zero-order valence-electron chi connectivity index (χ0n) is 24.1. The smallest absolute Gasteiger partial charge is 0.305 e. The summed E-state index contributed by atoms with van der Waals surface area (Å²) in [5.74, 6) is -1.23. The number of hydrogen-bond acceptors (Lipinski definition) is 6. The summed E-state index contributed by atoms with van der Waals surface area (Å²) < 4.78 is 0. The molecule has 0 fully saturated rings. The van der Waals surface area contributed by atoms with Gasteiger partial charge in [-0.15, -0.1) is 11.3 Å². The highest BCUT2D eigenvalue weighted by Gasteiger charge is 2.24. The van der Waals surface area contributed by atoms with Gasteiger partial charge in [-0.05, 0) is 29.5 Å². The fraction of sp³-hybridized carbons (Fsp3) is 0.281. The Labute approximate surface area is 245 Å². The maximum atomic E-state index is 12.9. The average Bonchev–Trinajstić information content (AvgIpc) is 3.55. The summed E-state index contributed by atoms with van der Waals surface area (Å²) in [5, 5.41) is 16.3. The second kappa shape index (κ2) is 17.3. The molecule has 4 aromatic rings. The third-order valence-corrected chi connectivity index (χ3v) is 6.52. The van der Waals surface area contributed by atoms with E-state index in [9.17, 15) is 14.4 Å². The number of thiophene rings is 1. The van der Waals surface area contributed by atoms with Crippen molar-refractivity contribution in [1.29, 1.82) is 0 Å². The van der Waals surface area contributed by atoms with Gasteiger partial charge >= 0.3 is 5.97 Å². The minimum absolute atomic E-state index is 0.213. The van der Waals surface area contributed by atoms with Crippen LogP contribution in [0.2, 0.25) is 0 Å². The van der Waals surface area contributed by atoms with Crippen molar-refractivity contribution in [3.63, 3.8) is 0 Å². The highest BCUT2D eigenvalue weighted by molar-refractivity contribution is 7.12. The van der Waals surface area contributed by atoms with Crippen molar-refractivity contribution in [1.82, 2.24) is 20.6 Å². The van der Waals surface area contributed by atoms with Crippen LogP contribution in [0.3, 0.4) is 0 Å². The molecule has 3 N–H and O–H groups in total. The largest absolute Gasteiger partial charge is 0.481 e. The Morgan fingerprint density at radius 1 is 0.805 bits per heavy atom. The lowest BCUT2D eigenvalue weighted by Crippen LogP contribution is -2.50. The first-order valence-corrected chi connectivity index (χ1v) is 14.6. The maximum Gasteiger partial charge on any atom is 0.305 e. The van der Waals surface area contributed by atoms with E-state index in [1.165, 1.54) is 11.3 Å². The Morgan fingerprint density at radius 3 is 2.00 bits per heavy atom. The molecule has 0 bridgehead atoms. The second-order valence-corrected chi connectivity index (χ2v) is 9.52. The van der Waals surface area contributed by atoms with E-state index in [1.807, 2.05) is 82.3 Å². The van der Waals surface area contributed by atoms with E-state index in [0.717, 1.165) is 22.3 Å². The van der Waals surface area contributed by atoms with Crippen molar-refractivity contribution in [3.05, 3.63) is 94.9 Å². The van der Waals surface area contributed by atoms with Crippen molar-refractivity contribution in [2.75, 3.05) is 0 Å². The van der Waals surface area contributed by atoms with Gasteiger partial charge in [0.1, 0.15) is 6.04 Å². The quantitative estimate of drug-likeness (QED) is 0.206. The van der Waals surface area contributed by atoms with Crippen molar-refractivity contribution < 1.29 is 19.5 Å². The number of nitrogens with one attached hydrogen (secondary N) is 2. The Morgan fingerprint density at radius 2 is 1.44 bits per heavy atom. The first-order valence-electron chi connectivity index (χ1n) is 13.7. The van der Waals surface area contributed by atoms with Crippen LogP contribution in [0, 0.1) is 0 Å². The minimum atomic E-state index is -1.01. The minimum Gasteiger partial charge on any atom is -0.481 e. The normalized spacial score (nSPS) is 11.4. The van der Waals surface area contributed by atoms with Gasteiger partial charge in [-0.2, -0.15) is 0 Å². The number of carbonyl (C=O) groups is 3. The molecule has 2 aromatic carbocycles. The van der Waals surface area contributed by atoms with Crippen molar-refractivity contribution in [2.45, 2.75) is 59.5 Å². The van der Waals surface area contributed by atoms with E-state index in [4.69, 9.17) is 5.11 Å². The van der Waals surface area contributed by atoms with Crippen LogP contribution in [0.1, 0.15) is 56.3 Å². The van der Waals surface area contributed by atoms with Crippen LogP contribution in [0.4, 0.5) is 0 Å². The van der Waals surface area contributed by atoms with E-state index < -0.39 is 24.0 Å². The molecule has 4 rings (SSSR count). The van der Waals surface area contributed by atoms with E-state index in [1.54, 1.807) is 36.8 Å². The van der Waals surface area contributed by atoms with Gasteiger partial charge in [0.2, 0.25) is 5.91 Å².